The van der Waals surface area contributed by atoms with Crippen LogP contribution < -0.4 is 10.2 Å². The number of benzene rings is 4. The Kier molecular flexibility index (Phi) is 9.11. The quantitative estimate of drug-likeness (QED) is 0.126. The van der Waals surface area contributed by atoms with Crippen LogP contribution in [0.2, 0.25) is 10.0 Å². The molecule has 6 aromatic rings. The van der Waals surface area contributed by atoms with Crippen LogP contribution in [0.5, 0.6) is 5.75 Å². The number of nitrogens with zero attached hydrogens (tertiary/aromatic N) is 3. The second-order valence-corrected chi connectivity index (χ2v) is 11.8. The first-order valence-corrected chi connectivity index (χ1v) is 15.6. The van der Waals surface area contributed by atoms with Crippen molar-refractivity contribution in [3.8, 4) is 28.4 Å². The van der Waals surface area contributed by atoms with E-state index >= 15 is 0 Å². The molecule has 6 rings (SSSR count). The van der Waals surface area contributed by atoms with E-state index in [0.717, 1.165) is 56.6 Å². The summed E-state index contributed by atoms with van der Waals surface area (Å²) in [5.41, 5.74) is 12.3. The van der Waals surface area contributed by atoms with Gasteiger partial charge < -0.3 is 13.9 Å². The zero-order valence-electron chi connectivity index (χ0n) is 25.7. The van der Waals surface area contributed by atoms with Crippen LogP contribution in [0, 0.1) is 20.8 Å². The normalized spacial score (nSPS) is 11.2. The van der Waals surface area contributed by atoms with Crippen molar-refractivity contribution in [1.29, 1.82) is 0 Å². The predicted molar refractivity (Wildman–Crippen MR) is 187 cm³/mol. The highest BCUT2D eigenvalue weighted by atomic mass is 35.5. The number of nitrogens with one attached hydrogen (secondary N) is 1. The third kappa shape index (κ3) is 6.64. The highest BCUT2D eigenvalue weighted by molar-refractivity contribution is 6.35. The van der Waals surface area contributed by atoms with Crippen LogP contribution in [0.3, 0.4) is 0 Å². The maximum Gasteiger partial charge on any atom is 0.271 e. The molecule has 0 aliphatic rings. The largest absolute Gasteiger partial charge is 0.489 e. The van der Waals surface area contributed by atoms with E-state index < -0.39 is 0 Å². The van der Waals surface area contributed by atoms with Gasteiger partial charge in [0.2, 0.25) is 0 Å². The highest BCUT2D eigenvalue weighted by Crippen LogP contribution is 2.27. The van der Waals surface area contributed by atoms with Gasteiger partial charge in [-0.1, -0.05) is 59.6 Å². The summed E-state index contributed by atoms with van der Waals surface area (Å²) in [6.07, 6.45) is 1.67. The highest BCUT2D eigenvalue weighted by Gasteiger charge is 2.13. The lowest BCUT2D eigenvalue weighted by Gasteiger charge is -2.13. The molecule has 0 radical (unpaired) electrons. The molecule has 0 spiro atoms. The molecule has 0 aliphatic heterocycles. The molecule has 0 atom stereocenters. The Labute approximate surface area is 278 Å². The molecule has 0 aliphatic carbocycles. The Morgan fingerprint density at radius 2 is 1.48 bits per heavy atom. The van der Waals surface area contributed by atoms with Crippen LogP contribution >= 0.6 is 23.2 Å². The maximum atomic E-state index is 12.9. The lowest BCUT2D eigenvalue weighted by Crippen LogP contribution is -2.17. The fourth-order valence-electron chi connectivity index (χ4n) is 5.51. The molecule has 0 saturated carbocycles. The van der Waals surface area contributed by atoms with Gasteiger partial charge in [0.25, 0.3) is 5.91 Å². The molecule has 230 valence electrons. The minimum absolute atomic E-state index is 0.278. The smallest absolute Gasteiger partial charge is 0.271 e. The molecule has 4 aromatic carbocycles. The Morgan fingerprint density at radius 3 is 2.20 bits per heavy atom. The summed E-state index contributed by atoms with van der Waals surface area (Å²) in [6.45, 7) is 6.47. The van der Waals surface area contributed by atoms with Gasteiger partial charge in [0, 0.05) is 55.2 Å². The average Bonchev–Trinajstić information content (AvgIpc) is 3.59. The van der Waals surface area contributed by atoms with Crippen molar-refractivity contribution in [3.63, 3.8) is 0 Å². The summed E-state index contributed by atoms with van der Waals surface area (Å²) in [5, 5.41) is 5.43. The van der Waals surface area contributed by atoms with Gasteiger partial charge in [-0.3, -0.25) is 4.79 Å². The molecule has 1 amide bonds. The van der Waals surface area contributed by atoms with Crippen LogP contribution in [0.1, 0.15) is 38.6 Å². The van der Waals surface area contributed by atoms with Crippen LogP contribution in [0.25, 0.3) is 22.6 Å². The molecule has 0 saturated heterocycles. The second-order valence-electron chi connectivity index (χ2n) is 11.0. The first-order chi connectivity index (χ1) is 22.3. The molecule has 0 bridgehead atoms. The van der Waals surface area contributed by atoms with Gasteiger partial charge in [-0.2, -0.15) is 5.10 Å². The molecule has 2 heterocycles. The molecule has 0 unspecified atom stereocenters. The number of aromatic nitrogens is 2. The molecule has 6 nitrogen and oxygen atoms in total. The van der Waals surface area contributed by atoms with Crippen LogP contribution in [0.4, 0.5) is 0 Å². The van der Waals surface area contributed by atoms with Gasteiger partial charge in [0.05, 0.1) is 11.9 Å². The van der Waals surface area contributed by atoms with E-state index in [9.17, 15) is 4.79 Å². The number of aryl methyl sites for hydroxylation is 2. The van der Waals surface area contributed by atoms with Gasteiger partial charge in [0.15, 0.2) is 0 Å². The lowest BCUT2D eigenvalue weighted by molar-refractivity contribution is 0.0955. The van der Waals surface area contributed by atoms with Crippen molar-refractivity contribution < 1.29 is 9.53 Å². The van der Waals surface area contributed by atoms with Crippen molar-refractivity contribution in [1.82, 2.24) is 14.6 Å². The van der Waals surface area contributed by atoms with Crippen molar-refractivity contribution in [2.24, 2.45) is 5.10 Å². The van der Waals surface area contributed by atoms with E-state index in [2.05, 4.69) is 50.9 Å². The van der Waals surface area contributed by atoms with Crippen molar-refractivity contribution in [3.05, 3.63) is 159 Å². The number of hydrogen-bond acceptors (Lipinski definition) is 3. The molecule has 1 N–H and O–H groups in total. The zero-order valence-corrected chi connectivity index (χ0v) is 27.2. The van der Waals surface area contributed by atoms with Crippen molar-refractivity contribution in [2.45, 2.75) is 27.4 Å². The van der Waals surface area contributed by atoms with E-state index in [4.69, 9.17) is 27.9 Å². The number of carbonyl (C=O) groups excluding carboxylic acids is 1. The zero-order chi connectivity index (χ0) is 32.2. The molecule has 2 aromatic heterocycles. The molecule has 0 fully saturated rings. The van der Waals surface area contributed by atoms with E-state index in [1.54, 1.807) is 18.3 Å². The number of halogens is 2. The van der Waals surface area contributed by atoms with E-state index in [0.29, 0.717) is 22.2 Å². The summed E-state index contributed by atoms with van der Waals surface area (Å²) < 4.78 is 10.3. The third-order valence-corrected chi connectivity index (χ3v) is 8.46. The number of ether oxygens (including phenoxy) is 1. The molecule has 8 heteroatoms. The van der Waals surface area contributed by atoms with E-state index in [-0.39, 0.29) is 5.91 Å². The minimum atomic E-state index is -0.278. The van der Waals surface area contributed by atoms with E-state index in [1.165, 1.54) is 0 Å². The Bertz CT molecular complexity index is 2030. The molecule has 46 heavy (non-hydrogen) atoms. The summed E-state index contributed by atoms with van der Waals surface area (Å²) in [4.78, 5) is 12.9. The van der Waals surface area contributed by atoms with E-state index in [1.807, 2.05) is 92.7 Å². The van der Waals surface area contributed by atoms with Gasteiger partial charge in [-0.05, 0) is 105 Å². The number of carbonyl (C=O) groups is 1. The van der Waals surface area contributed by atoms with Gasteiger partial charge in [0.1, 0.15) is 12.4 Å². The van der Waals surface area contributed by atoms with Crippen LogP contribution in [-0.4, -0.2) is 21.3 Å². The summed E-state index contributed by atoms with van der Waals surface area (Å²) in [5.74, 6) is 0.453. The van der Waals surface area contributed by atoms with Crippen LogP contribution in [-0.2, 0) is 6.61 Å². The number of hydrazone groups is 1. The monoisotopic (exact) mass is 646 g/mol. The number of hydrogen-bond donors (Lipinski definition) is 1. The van der Waals surface area contributed by atoms with Crippen LogP contribution in [0.15, 0.2) is 120 Å². The van der Waals surface area contributed by atoms with Crippen molar-refractivity contribution in [2.75, 3.05) is 0 Å². The SMILES string of the molecule is Cc1ccc(-c2ccccc2)n1-c1ccc(C(=O)N/N=C/c2cc(C)n(-c3ccc(OCc4ccc(Cl)cc4Cl)cc3)c2C)cc1. The fraction of sp³-hybridized carbons (Fsp3) is 0.105. The van der Waals surface area contributed by atoms with Crippen molar-refractivity contribution >= 4 is 35.3 Å². The standard InChI is InChI=1S/C38H32Cl2N4O2/c1-25-9-20-37(28-7-5-4-6-8-28)44(25)34-14-11-29(12-15-34)38(45)42-41-23-31-21-26(2)43(27(31)3)33-16-18-35(19-17-33)46-24-30-10-13-32(39)22-36(30)40/h4-23H,24H2,1-3H3,(H,42,45)/b41-23+. The first-order valence-electron chi connectivity index (χ1n) is 14.8. The molecular formula is C38H32Cl2N4O2. The predicted octanol–water partition coefficient (Wildman–Crippen LogP) is 9.51. The maximum absolute atomic E-state index is 12.9. The number of amides is 1. The fourth-order valence-corrected chi connectivity index (χ4v) is 5.97. The van der Waals surface area contributed by atoms with Gasteiger partial charge >= 0.3 is 0 Å². The topological polar surface area (TPSA) is 60.5 Å². The summed E-state index contributed by atoms with van der Waals surface area (Å²) in [6, 6.07) is 37.3. The lowest BCUT2D eigenvalue weighted by atomic mass is 10.1. The number of rotatable bonds is 9. The van der Waals surface area contributed by atoms with Gasteiger partial charge in [-0.25, -0.2) is 5.43 Å². The average molecular weight is 648 g/mol. The molecular weight excluding hydrogens is 615 g/mol. The minimum Gasteiger partial charge on any atom is -0.489 e. The summed E-state index contributed by atoms with van der Waals surface area (Å²) in [7, 11) is 0. The second kappa shape index (κ2) is 13.5. The summed E-state index contributed by atoms with van der Waals surface area (Å²) >= 11 is 12.3. The third-order valence-electron chi connectivity index (χ3n) is 7.88. The Morgan fingerprint density at radius 1 is 0.783 bits per heavy atom. The Balaban J connectivity index is 1.10. The Hall–Kier alpha value is -5.04. The van der Waals surface area contributed by atoms with Gasteiger partial charge in [-0.15, -0.1) is 0 Å². The first kappa shape index (κ1) is 31.0.